The maximum Gasteiger partial charge on any atom is 0.237 e. The van der Waals surface area contributed by atoms with Crippen LogP contribution in [0, 0.1) is 5.92 Å². The van der Waals surface area contributed by atoms with E-state index in [-0.39, 0.29) is 11.9 Å². The van der Waals surface area contributed by atoms with Gasteiger partial charge in [-0.15, -0.1) is 0 Å². The zero-order valence-corrected chi connectivity index (χ0v) is 11.6. The molecule has 2 aliphatic rings. The average molecular weight is 253 g/mol. The predicted molar refractivity (Wildman–Crippen MR) is 73.5 cm³/mol. The van der Waals surface area contributed by atoms with Gasteiger partial charge >= 0.3 is 0 Å². The van der Waals surface area contributed by atoms with Crippen molar-refractivity contribution in [2.24, 2.45) is 5.92 Å². The number of nitrogens with one attached hydrogen (secondary N) is 2. The summed E-state index contributed by atoms with van der Waals surface area (Å²) in [6.07, 6.45) is 6.05. The summed E-state index contributed by atoms with van der Waals surface area (Å²) in [6.45, 7) is 7.63. The van der Waals surface area contributed by atoms with Crippen molar-refractivity contribution in [3.05, 3.63) is 0 Å². The monoisotopic (exact) mass is 253 g/mol. The van der Waals surface area contributed by atoms with E-state index in [9.17, 15) is 4.79 Å². The van der Waals surface area contributed by atoms with Crippen LogP contribution in [-0.4, -0.2) is 49.6 Å². The van der Waals surface area contributed by atoms with Crippen LogP contribution in [0.1, 0.15) is 39.0 Å². The minimum Gasteiger partial charge on any atom is -0.354 e. The third kappa shape index (κ3) is 4.25. The number of carbonyl (C=O) groups is 1. The highest BCUT2D eigenvalue weighted by Crippen LogP contribution is 2.10. The number of rotatable bonds is 5. The van der Waals surface area contributed by atoms with E-state index in [1.165, 1.54) is 38.8 Å². The first-order valence-electron chi connectivity index (χ1n) is 7.49. The Balaban J connectivity index is 1.61. The van der Waals surface area contributed by atoms with Crippen molar-refractivity contribution in [2.45, 2.75) is 45.1 Å². The number of piperidine rings is 1. The molecule has 2 aliphatic heterocycles. The molecule has 2 saturated heterocycles. The van der Waals surface area contributed by atoms with Gasteiger partial charge in [-0.2, -0.15) is 0 Å². The molecule has 0 aromatic rings. The largest absolute Gasteiger partial charge is 0.354 e. The van der Waals surface area contributed by atoms with Crippen molar-refractivity contribution in [1.29, 1.82) is 0 Å². The van der Waals surface area contributed by atoms with Crippen LogP contribution < -0.4 is 10.6 Å². The van der Waals surface area contributed by atoms with Crippen LogP contribution in [0.25, 0.3) is 0 Å². The summed E-state index contributed by atoms with van der Waals surface area (Å²) in [6, 6.07) is 0.0535. The minimum atomic E-state index is 0.0535. The predicted octanol–water partition coefficient (Wildman–Crippen LogP) is 0.977. The molecule has 18 heavy (non-hydrogen) atoms. The van der Waals surface area contributed by atoms with Crippen molar-refractivity contribution in [1.82, 2.24) is 15.5 Å². The SMILES string of the molecule is CC(CNC(=O)[C@@H]1CCCCN1)CN1CCCC1. The van der Waals surface area contributed by atoms with E-state index < -0.39 is 0 Å². The second-order valence-corrected chi connectivity index (χ2v) is 5.86. The molecule has 104 valence electrons. The summed E-state index contributed by atoms with van der Waals surface area (Å²) in [7, 11) is 0. The summed E-state index contributed by atoms with van der Waals surface area (Å²) >= 11 is 0. The van der Waals surface area contributed by atoms with Gasteiger partial charge < -0.3 is 15.5 Å². The van der Waals surface area contributed by atoms with Gasteiger partial charge in [-0.1, -0.05) is 13.3 Å². The topological polar surface area (TPSA) is 44.4 Å². The Labute approximate surface area is 110 Å². The Hall–Kier alpha value is -0.610. The fourth-order valence-electron chi connectivity index (χ4n) is 2.94. The lowest BCUT2D eigenvalue weighted by Gasteiger charge is -2.24. The molecule has 0 bridgehead atoms. The van der Waals surface area contributed by atoms with Gasteiger partial charge in [0.25, 0.3) is 0 Å². The quantitative estimate of drug-likeness (QED) is 0.767. The second kappa shape index (κ2) is 7.10. The molecular formula is C14H27N3O. The van der Waals surface area contributed by atoms with Gasteiger partial charge in [-0.05, 0) is 51.2 Å². The molecule has 2 heterocycles. The molecule has 2 atom stereocenters. The molecule has 0 spiro atoms. The number of likely N-dealkylation sites (tertiary alicyclic amines) is 1. The molecule has 0 aliphatic carbocycles. The molecular weight excluding hydrogens is 226 g/mol. The maximum atomic E-state index is 12.0. The lowest BCUT2D eigenvalue weighted by Crippen LogP contribution is -2.48. The molecule has 4 nitrogen and oxygen atoms in total. The fraction of sp³-hybridized carbons (Fsp3) is 0.929. The second-order valence-electron chi connectivity index (χ2n) is 5.86. The third-order valence-electron chi connectivity index (χ3n) is 4.02. The van der Waals surface area contributed by atoms with Crippen LogP contribution in [0.5, 0.6) is 0 Å². The van der Waals surface area contributed by atoms with Gasteiger partial charge in [0, 0.05) is 13.1 Å². The zero-order chi connectivity index (χ0) is 12.8. The molecule has 2 N–H and O–H groups in total. The zero-order valence-electron chi connectivity index (χ0n) is 11.6. The first-order chi connectivity index (χ1) is 8.75. The van der Waals surface area contributed by atoms with E-state index in [1.807, 2.05) is 0 Å². The molecule has 0 aromatic carbocycles. The van der Waals surface area contributed by atoms with E-state index in [4.69, 9.17) is 0 Å². The van der Waals surface area contributed by atoms with Crippen LogP contribution in [0.3, 0.4) is 0 Å². The smallest absolute Gasteiger partial charge is 0.237 e. The Morgan fingerprint density at radius 2 is 2.11 bits per heavy atom. The lowest BCUT2D eigenvalue weighted by atomic mass is 10.0. The summed E-state index contributed by atoms with van der Waals surface area (Å²) in [5, 5.41) is 6.39. The standard InChI is InChI=1S/C14H27N3O/c1-12(11-17-8-4-5-9-17)10-16-14(18)13-6-2-3-7-15-13/h12-13,15H,2-11H2,1H3,(H,16,18)/t12?,13-/m0/s1. The molecule has 0 saturated carbocycles. The van der Waals surface area contributed by atoms with Gasteiger partial charge in [0.2, 0.25) is 5.91 Å². The molecule has 2 fully saturated rings. The first kappa shape index (κ1) is 13.8. The molecule has 0 radical (unpaired) electrons. The van der Waals surface area contributed by atoms with Crippen LogP contribution in [0.15, 0.2) is 0 Å². The van der Waals surface area contributed by atoms with Crippen molar-refractivity contribution >= 4 is 5.91 Å². The summed E-state index contributed by atoms with van der Waals surface area (Å²) in [4.78, 5) is 14.5. The number of amides is 1. The van der Waals surface area contributed by atoms with E-state index in [0.717, 1.165) is 26.1 Å². The molecule has 4 heteroatoms. The Morgan fingerprint density at radius 3 is 2.78 bits per heavy atom. The Bertz CT molecular complexity index is 258. The van der Waals surface area contributed by atoms with Gasteiger partial charge in [-0.3, -0.25) is 4.79 Å². The average Bonchev–Trinajstić information content (AvgIpc) is 2.90. The molecule has 1 unspecified atom stereocenters. The van der Waals surface area contributed by atoms with Crippen LogP contribution >= 0.6 is 0 Å². The van der Waals surface area contributed by atoms with Crippen LogP contribution in [0.4, 0.5) is 0 Å². The highest BCUT2D eigenvalue weighted by atomic mass is 16.2. The van der Waals surface area contributed by atoms with Crippen molar-refractivity contribution in [3.63, 3.8) is 0 Å². The van der Waals surface area contributed by atoms with Crippen molar-refractivity contribution in [2.75, 3.05) is 32.7 Å². The van der Waals surface area contributed by atoms with Gasteiger partial charge in [0.1, 0.15) is 0 Å². The molecule has 1 amide bonds. The van der Waals surface area contributed by atoms with E-state index in [2.05, 4.69) is 22.5 Å². The molecule has 2 rings (SSSR count). The highest BCUT2D eigenvalue weighted by molar-refractivity contribution is 5.81. The van der Waals surface area contributed by atoms with Crippen LogP contribution in [0.2, 0.25) is 0 Å². The van der Waals surface area contributed by atoms with Crippen molar-refractivity contribution in [3.8, 4) is 0 Å². The van der Waals surface area contributed by atoms with Gasteiger partial charge in [0.15, 0.2) is 0 Å². The summed E-state index contributed by atoms with van der Waals surface area (Å²) in [5.74, 6) is 0.749. The Kier molecular flexibility index (Phi) is 5.45. The number of hydrogen-bond donors (Lipinski definition) is 2. The Morgan fingerprint density at radius 1 is 1.33 bits per heavy atom. The number of nitrogens with zero attached hydrogens (tertiary/aromatic N) is 1. The van der Waals surface area contributed by atoms with E-state index in [1.54, 1.807) is 0 Å². The summed E-state index contributed by atoms with van der Waals surface area (Å²) < 4.78 is 0. The first-order valence-corrected chi connectivity index (χ1v) is 7.49. The number of carbonyl (C=O) groups excluding carboxylic acids is 1. The maximum absolute atomic E-state index is 12.0. The fourth-order valence-corrected chi connectivity index (χ4v) is 2.94. The molecule has 0 aromatic heterocycles. The van der Waals surface area contributed by atoms with Crippen LogP contribution in [-0.2, 0) is 4.79 Å². The lowest BCUT2D eigenvalue weighted by molar-refractivity contribution is -0.123. The highest BCUT2D eigenvalue weighted by Gasteiger charge is 2.21. The number of hydrogen-bond acceptors (Lipinski definition) is 3. The van der Waals surface area contributed by atoms with Gasteiger partial charge in [0.05, 0.1) is 6.04 Å². The normalized spacial score (nSPS) is 27.1. The summed E-state index contributed by atoms with van der Waals surface area (Å²) in [5.41, 5.74) is 0. The van der Waals surface area contributed by atoms with Gasteiger partial charge in [-0.25, -0.2) is 0 Å². The van der Waals surface area contributed by atoms with Crippen molar-refractivity contribution < 1.29 is 4.79 Å². The third-order valence-corrected chi connectivity index (χ3v) is 4.02. The van der Waals surface area contributed by atoms with E-state index in [0.29, 0.717) is 5.92 Å². The van der Waals surface area contributed by atoms with E-state index >= 15 is 0 Å². The minimum absolute atomic E-state index is 0.0535.